The highest BCUT2D eigenvalue weighted by Gasteiger charge is 2.19. The van der Waals surface area contributed by atoms with Gasteiger partial charge in [0.25, 0.3) is 0 Å². The van der Waals surface area contributed by atoms with Crippen LogP contribution in [0.25, 0.3) is 10.1 Å². The van der Waals surface area contributed by atoms with Gasteiger partial charge in [-0.3, -0.25) is 4.79 Å². The average Bonchev–Trinajstić information content (AvgIpc) is 2.94. The number of fused-ring (bicyclic) bond motifs is 1. The maximum Gasteiger partial charge on any atom is 0.197 e. The molecular weight excluding hydrogens is 371 g/mol. The number of hydrogen-bond donors (Lipinski definition) is 0. The molecule has 0 saturated heterocycles. The summed E-state index contributed by atoms with van der Waals surface area (Å²) < 4.78 is 26.1. The fourth-order valence-corrected chi connectivity index (χ4v) is 3.38. The van der Waals surface area contributed by atoms with E-state index in [0.29, 0.717) is 33.7 Å². The van der Waals surface area contributed by atoms with Crippen molar-refractivity contribution in [3.63, 3.8) is 0 Å². The summed E-state index contributed by atoms with van der Waals surface area (Å²) in [5.41, 5.74) is 0. The first-order valence-electron chi connectivity index (χ1n) is 7.14. The summed E-state index contributed by atoms with van der Waals surface area (Å²) in [5, 5.41) is 1.20. The van der Waals surface area contributed by atoms with E-state index in [1.54, 1.807) is 12.1 Å². The molecule has 120 valence electrons. The molecule has 1 aromatic heterocycles. The third kappa shape index (κ3) is 3.60. The van der Waals surface area contributed by atoms with Crippen molar-refractivity contribution in [2.24, 2.45) is 0 Å². The van der Waals surface area contributed by atoms with Crippen LogP contribution in [0.5, 0.6) is 11.5 Å². The van der Waals surface area contributed by atoms with E-state index in [9.17, 15) is 9.18 Å². The van der Waals surface area contributed by atoms with Gasteiger partial charge in [-0.25, -0.2) is 4.39 Å². The van der Waals surface area contributed by atoms with Gasteiger partial charge < -0.3 is 9.47 Å². The number of ether oxygens (including phenoxy) is 2. The van der Waals surface area contributed by atoms with Gasteiger partial charge in [0.2, 0.25) is 0 Å². The van der Waals surface area contributed by atoms with E-state index in [4.69, 9.17) is 9.47 Å². The highest BCUT2D eigenvalue weighted by molar-refractivity contribution is 9.09. The minimum atomic E-state index is -0.462. The van der Waals surface area contributed by atoms with Gasteiger partial charge in [-0.1, -0.05) is 22.9 Å². The topological polar surface area (TPSA) is 35.5 Å². The molecule has 0 fully saturated rings. The van der Waals surface area contributed by atoms with Gasteiger partial charge in [0.05, 0.1) is 18.6 Å². The molecule has 2 aromatic rings. The van der Waals surface area contributed by atoms with Gasteiger partial charge in [0, 0.05) is 27.9 Å². The third-order valence-corrected chi connectivity index (χ3v) is 4.86. The number of alkyl halides is 1. The second-order valence-corrected chi connectivity index (χ2v) is 6.69. The van der Waals surface area contributed by atoms with Crippen molar-refractivity contribution in [2.45, 2.75) is 26.2 Å². The van der Waals surface area contributed by atoms with Crippen LogP contribution in [0.1, 0.15) is 35.9 Å². The van der Waals surface area contributed by atoms with E-state index >= 15 is 0 Å². The van der Waals surface area contributed by atoms with Crippen molar-refractivity contribution in [3.05, 3.63) is 22.8 Å². The number of hydrogen-bond acceptors (Lipinski definition) is 4. The standard InChI is InChI=1S/C16H18BrFO3S/c1-3-5-11(19)14-8-10-13(22-14)9-12(20-2)16(15(10)18)21-7-4-6-17/h8-9H,3-7H2,1-2H3. The predicted molar refractivity (Wildman–Crippen MR) is 91.5 cm³/mol. The monoisotopic (exact) mass is 388 g/mol. The Morgan fingerprint density at radius 1 is 1.41 bits per heavy atom. The Balaban J connectivity index is 2.43. The zero-order valence-corrected chi connectivity index (χ0v) is 15.0. The van der Waals surface area contributed by atoms with Gasteiger partial charge in [0.15, 0.2) is 23.1 Å². The number of halogens is 2. The molecular formula is C16H18BrFO3S. The molecule has 0 amide bonds. The first kappa shape index (κ1) is 17.2. The summed E-state index contributed by atoms with van der Waals surface area (Å²) in [6.07, 6.45) is 2.02. The normalized spacial score (nSPS) is 10.9. The van der Waals surface area contributed by atoms with Crippen molar-refractivity contribution in [1.29, 1.82) is 0 Å². The average molecular weight is 389 g/mol. The molecule has 0 atom stereocenters. The van der Waals surface area contributed by atoms with Gasteiger partial charge in [0.1, 0.15) is 0 Å². The highest BCUT2D eigenvalue weighted by Crippen LogP contribution is 2.40. The lowest BCUT2D eigenvalue weighted by Gasteiger charge is -2.11. The molecule has 22 heavy (non-hydrogen) atoms. The lowest BCUT2D eigenvalue weighted by molar-refractivity contribution is 0.0985. The van der Waals surface area contributed by atoms with Crippen LogP contribution >= 0.6 is 27.3 Å². The largest absolute Gasteiger partial charge is 0.493 e. The van der Waals surface area contributed by atoms with Gasteiger partial charge in [-0.2, -0.15) is 0 Å². The fourth-order valence-electron chi connectivity index (χ4n) is 2.10. The van der Waals surface area contributed by atoms with Crippen LogP contribution in [-0.2, 0) is 0 Å². The minimum absolute atomic E-state index is 0.0452. The van der Waals surface area contributed by atoms with Crippen LogP contribution < -0.4 is 9.47 Å². The molecule has 6 heteroatoms. The van der Waals surface area contributed by atoms with E-state index in [-0.39, 0.29) is 11.5 Å². The maximum atomic E-state index is 14.7. The van der Waals surface area contributed by atoms with Gasteiger partial charge in [-0.15, -0.1) is 11.3 Å². The number of ketones is 1. The summed E-state index contributed by atoms with van der Waals surface area (Å²) in [5.74, 6) is 0.0544. The Hall–Kier alpha value is -1.14. The Morgan fingerprint density at radius 2 is 2.18 bits per heavy atom. The molecule has 0 spiro atoms. The number of carbonyl (C=O) groups is 1. The second-order valence-electron chi connectivity index (χ2n) is 4.81. The van der Waals surface area contributed by atoms with Crippen LogP contribution in [0.3, 0.4) is 0 Å². The number of carbonyl (C=O) groups excluding carboxylic acids is 1. The molecule has 0 unspecified atom stereocenters. The highest BCUT2D eigenvalue weighted by atomic mass is 79.9. The summed E-state index contributed by atoms with van der Waals surface area (Å²) in [6.45, 7) is 2.35. The lowest BCUT2D eigenvalue weighted by Crippen LogP contribution is -2.02. The molecule has 0 aliphatic heterocycles. The van der Waals surface area contributed by atoms with Crippen molar-refractivity contribution in [1.82, 2.24) is 0 Å². The number of thiophene rings is 1. The number of Topliss-reactive ketones (excluding diaryl/α,β-unsaturated/α-hetero) is 1. The first-order valence-corrected chi connectivity index (χ1v) is 9.08. The Labute approximate surface area is 141 Å². The molecule has 0 radical (unpaired) electrons. The van der Waals surface area contributed by atoms with Gasteiger partial charge in [-0.05, 0) is 18.9 Å². The first-order chi connectivity index (χ1) is 10.6. The van der Waals surface area contributed by atoms with E-state index in [2.05, 4.69) is 15.9 Å². The Morgan fingerprint density at radius 3 is 2.82 bits per heavy atom. The Bertz CT molecular complexity index is 669. The fraction of sp³-hybridized carbons (Fsp3) is 0.438. The zero-order chi connectivity index (χ0) is 16.1. The molecule has 3 nitrogen and oxygen atoms in total. The second kappa shape index (κ2) is 7.92. The Kier molecular flexibility index (Phi) is 6.20. The molecule has 2 rings (SSSR count). The van der Waals surface area contributed by atoms with E-state index in [0.717, 1.165) is 18.2 Å². The molecule has 1 heterocycles. The summed E-state index contributed by atoms with van der Waals surface area (Å²) >= 11 is 4.60. The van der Waals surface area contributed by atoms with Crippen molar-refractivity contribution >= 4 is 43.1 Å². The molecule has 0 aliphatic rings. The number of benzene rings is 1. The van der Waals surface area contributed by atoms with E-state index < -0.39 is 5.82 Å². The van der Waals surface area contributed by atoms with Crippen LogP contribution in [0, 0.1) is 5.82 Å². The minimum Gasteiger partial charge on any atom is -0.493 e. The van der Waals surface area contributed by atoms with Crippen LogP contribution in [-0.4, -0.2) is 24.8 Å². The molecule has 1 aromatic carbocycles. The molecule has 0 bridgehead atoms. The van der Waals surface area contributed by atoms with Crippen LogP contribution in [0.4, 0.5) is 4.39 Å². The molecule has 0 saturated carbocycles. The number of methoxy groups -OCH3 is 1. The van der Waals surface area contributed by atoms with E-state index in [1.165, 1.54) is 18.4 Å². The van der Waals surface area contributed by atoms with Crippen molar-refractivity contribution in [2.75, 3.05) is 19.0 Å². The number of rotatable bonds is 8. The van der Waals surface area contributed by atoms with Crippen LogP contribution in [0.2, 0.25) is 0 Å². The maximum absolute atomic E-state index is 14.7. The molecule has 0 aliphatic carbocycles. The summed E-state index contributed by atoms with van der Waals surface area (Å²) in [7, 11) is 1.48. The van der Waals surface area contributed by atoms with Gasteiger partial charge >= 0.3 is 0 Å². The predicted octanol–water partition coefficient (Wildman–Crippen LogP) is 5.20. The summed E-state index contributed by atoms with van der Waals surface area (Å²) in [4.78, 5) is 12.6. The van der Waals surface area contributed by atoms with Crippen molar-refractivity contribution in [3.8, 4) is 11.5 Å². The quantitative estimate of drug-likeness (QED) is 0.354. The summed E-state index contributed by atoms with van der Waals surface area (Å²) in [6, 6.07) is 3.35. The third-order valence-electron chi connectivity index (χ3n) is 3.18. The SMILES string of the molecule is CCCC(=O)c1cc2c(F)c(OCCCBr)c(OC)cc2s1. The van der Waals surface area contributed by atoms with Crippen LogP contribution in [0.15, 0.2) is 12.1 Å². The lowest BCUT2D eigenvalue weighted by atomic mass is 10.1. The zero-order valence-electron chi connectivity index (χ0n) is 12.6. The molecule has 0 N–H and O–H groups in total. The van der Waals surface area contributed by atoms with Crippen molar-refractivity contribution < 1.29 is 18.7 Å². The smallest absolute Gasteiger partial charge is 0.197 e. The van der Waals surface area contributed by atoms with E-state index in [1.807, 2.05) is 6.92 Å².